The van der Waals surface area contributed by atoms with Crippen molar-refractivity contribution in [1.29, 1.82) is 0 Å². The molecule has 1 atom stereocenters. The lowest BCUT2D eigenvalue weighted by Crippen LogP contribution is -2.41. The minimum absolute atomic E-state index is 0.255. The van der Waals surface area contributed by atoms with Crippen LogP contribution in [0.1, 0.15) is 55.0 Å². The maximum Gasteiger partial charge on any atom is 0.241 e. The molecule has 0 saturated carbocycles. The molecule has 0 saturated heterocycles. The van der Waals surface area contributed by atoms with Crippen LogP contribution in [0.15, 0.2) is 30.3 Å². The van der Waals surface area contributed by atoms with Gasteiger partial charge in [0.1, 0.15) is 12.3 Å². The van der Waals surface area contributed by atoms with Crippen molar-refractivity contribution in [3.63, 3.8) is 0 Å². The molecule has 2 aromatic rings. The third-order valence-corrected chi connectivity index (χ3v) is 6.56. The normalized spacial score (nSPS) is 12.5. The van der Waals surface area contributed by atoms with Crippen LogP contribution in [-0.2, 0) is 14.8 Å². The number of carbonyl (C=O) groups is 1. The molecule has 0 aliphatic carbocycles. The molecule has 2 aromatic carbocycles. The molecule has 0 aromatic heterocycles. The molecule has 0 fully saturated rings. The number of methoxy groups -OCH3 is 1. The fraction of sp³-hybridized carbons (Fsp3) is 0.435. The molecule has 0 unspecified atom stereocenters. The van der Waals surface area contributed by atoms with Gasteiger partial charge in [-0.1, -0.05) is 25.4 Å². The second-order valence-corrected chi connectivity index (χ2v) is 10.4. The van der Waals surface area contributed by atoms with Crippen LogP contribution in [0.2, 0.25) is 5.02 Å². The Morgan fingerprint density at radius 1 is 1.10 bits per heavy atom. The number of amides is 1. The van der Waals surface area contributed by atoms with E-state index in [1.807, 2.05) is 26.0 Å². The Bertz CT molecular complexity index is 1070. The van der Waals surface area contributed by atoms with E-state index in [-0.39, 0.29) is 18.5 Å². The van der Waals surface area contributed by atoms with Crippen molar-refractivity contribution in [1.82, 2.24) is 5.32 Å². The Balaban J connectivity index is 2.28. The number of halogens is 1. The fourth-order valence-electron chi connectivity index (χ4n) is 3.59. The van der Waals surface area contributed by atoms with Gasteiger partial charge in [0.2, 0.25) is 15.9 Å². The molecule has 6 nitrogen and oxygen atoms in total. The van der Waals surface area contributed by atoms with Gasteiger partial charge >= 0.3 is 0 Å². The van der Waals surface area contributed by atoms with Crippen LogP contribution in [0, 0.1) is 13.8 Å². The Labute approximate surface area is 190 Å². The lowest BCUT2D eigenvalue weighted by atomic mass is 9.93. The van der Waals surface area contributed by atoms with Gasteiger partial charge in [0, 0.05) is 5.02 Å². The Kier molecular flexibility index (Phi) is 8.00. The van der Waals surface area contributed by atoms with E-state index in [9.17, 15) is 13.2 Å². The molecule has 1 N–H and O–H groups in total. The number of hydrogen-bond donors (Lipinski definition) is 1. The number of ether oxygens (including phenoxy) is 1. The quantitative estimate of drug-likeness (QED) is 0.610. The first-order valence-electron chi connectivity index (χ1n) is 10.1. The number of sulfonamides is 1. The number of nitrogens with one attached hydrogen (secondary N) is 1. The molecule has 2 rings (SSSR count). The van der Waals surface area contributed by atoms with E-state index in [0.717, 1.165) is 33.0 Å². The highest BCUT2D eigenvalue weighted by Gasteiger charge is 2.24. The molecule has 0 spiro atoms. The zero-order chi connectivity index (χ0) is 23.5. The van der Waals surface area contributed by atoms with Gasteiger partial charge in [-0.25, -0.2) is 8.42 Å². The summed E-state index contributed by atoms with van der Waals surface area (Å²) >= 11 is 5.99. The number of rotatable bonds is 8. The maximum absolute atomic E-state index is 12.8. The van der Waals surface area contributed by atoms with Crippen molar-refractivity contribution in [2.24, 2.45) is 0 Å². The van der Waals surface area contributed by atoms with Crippen molar-refractivity contribution in [3.05, 3.63) is 57.6 Å². The van der Waals surface area contributed by atoms with Crippen molar-refractivity contribution in [2.45, 2.75) is 46.6 Å². The summed E-state index contributed by atoms with van der Waals surface area (Å²) in [6.07, 6.45) is 1.08. The average molecular weight is 467 g/mol. The van der Waals surface area contributed by atoms with Crippen LogP contribution in [-0.4, -0.2) is 34.2 Å². The number of carbonyl (C=O) groups excluding carboxylic acids is 1. The number of aryl methyl sites for hydroxylation is 2. The molecule has 31 heavy (non-hydrogen) atoms. The monoisotopic (exact) mass is 466 g/mol. The van der Waals surface area contributed by atoms with Gasteiger partial charge in [0.05, 0.1) is 25.1 Å². The first-order chi connectivity index (χ1) is 14.3. The fourth-order valence-corrected chi connectivity index (χ4v) is 4.73. The maximum atomic E-state index is 12.8. The summed E-state index contributed by atoms with van der Waals surface area (Å²) in [6, 6.07) is 8.59. The van der Waals surface area contributed by atoms with Crippen LogP contribution in [0.5, 0.6) is 5.75 Å². The summed E-state index contributed by atoms with van der Waals surface area (Å²) in [7, 11) is -2.03. The predicted octanol–water partition coefficient (Wildman–Crippen LogP) is 4.73. The number of anilines is 1. The third kappa shape index (κ3) is 6.14. The molecule has 0 aliphatic rings. The largest absolute Gasteiger partial charge is 0.496 e. The van der Waals surface area contributed by atoms with E-state index in [1.54, 1.807) is 32.2 Å². The molecule has 0 radical (unpaired) electrons. The van der Waals surface area contributed by atoms with E-state index >= 15 is 0 Å². The summed E-state index contributed by atoms with van der Waals surface area (Å²) in [5.41, 5.74) is 4.11. The van der Waals surface area contributed by atoms with E-state index in [4.69, 9.17) is 16.3 Å². The van der Waals surface area contributed by atoms with E-state index in [0.29, 0.717) is 16.3 Å². The second kappa shape index (κ2) is 9.92. The number of hydrogen-bond acceptors (Lipinski definition) is 4. The Morgan fingerprint density at radius 3 is 2.26 bits per heavy atom. The number of nitrogens with zero attached hydrogens (tertiary/aromatic N) is 1. The standard InChI is InChI=1S/C23H31ClN2O4S/c1-14(2)19-12-20(15(3)11-22(19)30-6)17(5)25-23(27)13-26(31(7,28)29)21-9-8-18(24)10-16(21)4/h8-12,14,17H,13H2,1-7H3,(H,25,27)/t17-/m0/s1. The first-order valence-corrected chi connectivity index (χ1v) is 12.3. The Morgan fingerprint density at radius 2 is 1.74 bits per heavy atom. The van der Waals surface area contributed by atoms with E-state index in [1.165, 1.54) is 0 Å². The summed E-state index contributed by atoms with van der Waals surface area (Å²) in [5, 5.41) is 3.44. The summed E-state index contributed by atoms with van der Waals surface area (Å²) in [4.78, 5) is 12.8. The van der Waals surface area contributed by atoms with Gasteiger partial charge in [-0.2, -0.15) is 0 Å². The molecule has 8 heteroatoms. The first kappa shape index (κ1) is 25.0. The molecule has 170 valence electrons. The van der Waals surface area contributed by atoms with Crippen molar-refractivity contribution < 1.29 is 17.9 Å². The Hall–Kier alpha value is -2.25. The number of benzene rings is 2. The molecule has 0 heterocycles. The van der Waals surface area contributed by atoms with Crippen LogP contribution in [0.3, 0.4) is 0 Å². The summed E-state index contributed by atoms with van der Waals surface area (Å²) < 4.78 is 31.4. The van der Waals surface area contributed by atoms with Crippen molar-refractivity contribution in [3.8, 4) is 5.75 Å². The summed E-state index contributed by atoms with van der Waals surface area (Å²) in [5.74, 6) is 0.677. The van der Waals surface area contributed by atoms with Gasteiger partial charge < -0.3 is 10.1 Å². The smallest absolute Gasteiger partial charge is 0.241 e. The average Bonchev–Trinajstić information content (AvgIpc) is 2.65. The second-order valence-electron chi connectivity index (χ2n) is 8.10. The molecule has 0 aliphatic heterocycles. The molecular weight excluding hydrogens is 436 g/mol. The van der Waals surface area contributed by atoms with Gasteiger partial charge in [-0.3, -0.25) is 9.10 Å². The van der Waals surface area contributed by atoms with E-state index < -0.39 is 15.9 Å². The zero-order valence-electron chi connectivity index (χ0n) is 19.1. The van der Waals surface area contributed by atoms with Crippen LogP contribution in [0.4, 0.5) is 5.69 Å². The lowest BCUT2D eigenvalue weighted by Gasteiger charge is -2.25. The lowest BCUT2D eigenvalue weighted by molar-refractivity contribution is -0.120. The topological polar surface area (TPSA) is 75.7 Å². The van der Waals surface area contributed by atoms with Crippen molar-refractivity contribution in [2.75, 3.05) is 24.2 Å². The molecular formula is C23H31ClN2O4S. The molecule has 1 amide bonds. The van der Waals surface area contributed by atoms with Gasteiger partial charge in [0.25, 0.3) is 0 Å². The van der Waals surface area contributed by atoms with Gasteiger partial charge in [-0.05, 0) is 79.3 Å². The highest BCUT2D eigenvalue weighted by atomic mass is 35.5. The highest BCUT2D eigenvalue weighted by molar-refractivity contribution is 7.92. The van der Waals surface area contributed by atoms with Gasteiger partial charge in [-0.15, -0.1) is 0 Å². The van der Waals surface area contributed by atoms with E-state index in [2.05, 4.69) is 19.2 Å². The zero-order valence-corrected chi connectivity index (χ0v) is 20.7. The minimum Gasteiger partial charge on any atom is -0.496 e. The predicted molar refractivity (Wildman–Crippen MR) is 127 cm³/mol. The summed E-state index contributed by atoms with van der Waals surface area (Å²) in [6.45, 7) is 9.45. The molecule has 0 bridgehead atoms. The van der Waals surface area contributed by atoms with Crippen molar-refractivity contribution >= 4 is 33.2 Å². The van der Waals surface area contributed by atoms with Crippen LogP contribution in [0.25, 0.3) is 0 Å². The SMILES string of the molecule is COc1cc(C)c([C@H](C)NC(=O)CN(c2ccc(Cl)cc2C)S(C)(=O)=O)cc1C(C)C. The van der Waals surface area contributed by atoms with Gasteiger partial charge in [0.15, 0.2) is 0 Å². The van der Waals surface area contributed by atoms with Crippen LogP contribution >= 0.6 is 11.6 Å². The highest BCUT2D eigenvalue weighted by Crippen LogP contribution is 2.32. The third-order valence-electron chi connectivity index (χ3n) is 5.20. The minimum atomic E-state index is -3.67. The van der Waals surface area contributed by atoms with Crippen LogP contribution < -0.4 is 14.4 Å².